The Kier molecular flexibility index (Phi) is 3.10. The van der Waals surface area contributed by atoms with E-state index in [-0.39, 0.29) is 17.1 Å². The maximum Gasteiger partial charge on any atom is 0.290 e. The Morgan fingerprint density at radius 3 is 2.38 bits per heavy atom. The van der Waals surface area contributed by atoms with Crippen molar-refractivity contribution in [2.75, 3.05) is 7.05 Å². The molecule has 120 valence electrons. The van der Waals surface area contributed by atoms with Crippen molar-refractivity contribution in [3.8, 4) is 0 Å². The average molecular weight is 319 g/mol. The average Bonchev–Trinajstić information content (AvgIpc) is 2.83. The van der Waals surface area contributed by atoms with Crippen LogP contribution in [0.2, 0.25) is 0 Å². The van der Waals surface area contributed by atoms with Gasteiger partial charge in [-0.1, -0.05) is 30.3 Å². The SMILES string of the molecule is Cc1cc2oc3c(c(=O)c2cc1C)C(c1ccccc1)N(C)C3=O. The third-order valence-corrected chi connectivity index (χ3v) is 4.83. The van der Waals surface area contributed by atoms with Gasteiger partial charge in [-0.3, -0.25) is 9.59 Å². The number of hydrogen-bond acceptors (Lipinski definition) is 3. The number of carbonyl (C=O) groups is 1. The molecule has 4 heteroatoms. The van der Waals surface area contributed by atoms with E-state index in [4.69, 9.17) is 4.42 Å². The van der Waals surface area contributed by atoms with Crippen LogP contribution in [0.4, 0.5) is 0 Å². The maximum absolute atomic E-state index is 13.1. The van der Waals surface area contributed by atoms with Crippen LogP contribution in [-0.4, -0.2) is 17.9 Å². The Morgan fingerprint density at radius 1 is 1.00 bits per heavy atom. The molecule has 1 aliphatic heterocycles. The molecule has 0 saturated carbocycles. The molecule has 3 aromatic rings. The number of benzene rings is 2. The summed E-state index contributed by atoms with van der Waals surface area (Å²) in [5.74, 6) is -0.0943. The summed E-state index contributed by atoms with van der Waals surface area (Å²) in [7, 11) is 1.70. The molecule has 0 radical (unpaired) electrons. The minimum absolute atomic E-state index is 0.124. The third-order valence-electron chi connectivity index (χ3n) is 4.83. The number of fused-ring (bicyclic) bond motifs is 2. The van der Waals surface area contributed by atoms with E-state index < -0.39 is 6.04 Å². The van der Waals surface area contributed by atoms with Crippen molar-refractivity contribution in [3.05, 3.63) is 80.7 Å². The van der Waals surface area contributed by atoms with Crippen molar-refractivity contribution >= 4 is 16.9 Å². The summed E-state index contributed by atoms with van der Waals surface area (Å²) in [5.41, 5.74) is 3.75. The van der Waals surface area contributed by atoms with Crippen molar-refractivity contribution in [1.29, 1.82) is 0 Å². The van der Waals surface area contributed by atoms with Crippen LogP contribution in [0.5, 0.6) is 0 Å². The van der Waals surface area contributed by atoms with Crippen molar-refractivity contribution in [2.45, 2.75) is 19.9 Å². The molecular weight excluding hydrogens is 302 g/mol. The van der Waals surface area contributed by atoms with Crippen molar-refractivity contribution < 1.29 is 9.21 Å². The van der Waals surface area contributed by atoms with Gasteiger partial charge in [0.2, 0.25) is 5.76 Å². The number of nitrogens with zero attached hydrogens (tertiary/aromatic N) is 1. The molecule has 0 saturated heterocycles. The highest BCUT2D eigenvalue weighted by molar-refractivity contribution is 5.99. The zero-order valence-electron chi connectivity index (χ0n) is 13.8. The first kappa shape index (κ1) is 14.7. The topological polar surface area (TPSA) is 50.5 Å². The molecule has 2 heterocycles. The predicted molar refractivity (Wildman–Crippen MR) is 92.3 cm³/mol. The lowest BCUT2D eigenvalue weighted by molar-refractivity contribution is 0.0771. The Morgan fingerprint density at radius 2 is 1.67 bits per heavy atom. The van der Waals surface area contributed by atoms with Gasteiger partial charge in [0.1, 0.15) is 5.58 Å². The number of hydrogen-bond donors (Lipinski definition) is 0. The van der Waals surface area contributed by atoms with Gasteiger partial charge in [-0.05, 0) is 42.7 Å². The quantitative estimate of drug-likeness (QED) is 0.689. The Labute approximate surface area is 139 Å². The second-order valence-electron chi connectivity index (χ2n) is 6.34. The molecule has 0 fully saturated rings. The first-order valence-electron chi connectivity index (χ1n) is 7.89. The first-order chi connectivity index (χ1) is 11.5. The van der Waals surface area contributed by atoms with E-state index in [1.807, 2.05) is 56.3 Å². The van der Waals surface area contributed by atoms with Crippen LogP contribution in [0.25, 0.3) is 11.0 Å². The lowest BCUT2D eigenvalue weighted by Gasteiger charge is -2.20. The molecule has 4 nitrogen and oxygen atoms in total. The Hall–Kier alpha value is -2.88. The zero-order valence-corrected chi connectivity index (χ0v) is 13.8. The molecule has 1 atom stereocenters. The lowest BCUT2D eigenvalue weighted by Crippen LogP contribution is -2.25. The van der Waals surface area contributed by atoms with Crippen LogP contribution in [0.3, 0.4) is 0 Å². The monoisotopic (exact) mass is 319 g/mol. The van der Waals surface area contributed by atoms with Crippen LogP contribution in [0.1, 0.15) is 38.9 Å². The molecule has 1 aromatic heterocycles. The standard InChI is InChI=1S/C20H17NO3/c1-11-9-14-15(10-12(11)2)24-19-16(18(14)22)17(21(3)20(19)23)13-7-5-4-6-8-13/h4-10,17H,1-3H3. The zero-order chi connectivity index (χ0) is 17.0. The van der Waals surface area contributed by atoms with E-state index in [9.17, 15) is 9.59 Å². The van der Waals surface area contributed by atoms with Gasteiger partial charge in [0.15, 0.2) is 5.43 Å². The van der Waals surface area contributed by atoms with Gasteiger partial charge in [0.05, 0.1) is 17.0 Å². The second-order valence-corrected chi connectivity index (χ2v) is 6.34. The highest BCUT2D eigenvalue weighted by Gasteiger charge is 2.40. The van der Waals surface area contributed by atoms with Gasteiger partial charge in [-0.2, -0.15) is 0 Å². The molecule has 1 amide bonds. The molecule has 1 unspecified atom stereocenters. The Balaban J connectivity index is 2.07. The smallest absolute Gasteiger partial charge is 0.290 e. The van der Waals surface area contributed by atoms with E-state index in [0.29, 0.717) is 16.5 Å². The fourth-order valence-corrected chi connectivity index (χ4v) is 3.37. The van der Waals surface area contributed by atoms with Crippen LogP contribution >= 0.6 is 0 Å². The molecular formula is C20H17NO3. The molecule has 2 aromatic carbocycles. The van der Waals surface area contributed by atoms with Crippen molar-refractivity contribution in [1.82, 2.24) is 4.90 Å². The fraction of sp³-hybridized carbons (Fsp3) is 0.200. The van der Waals surface area contributed by atoms with E-state index in [1.165, 1.54) is 0 Å². The van der Waals surface area contributed by atoms with E-state index in [0.717, 1.165) is 16.7 Å². The highest BCUT2D eigenvalue weighted by atomic mass is 16.3. The third kappa shape index (κ3) is 1.92. The number of carbonyl (C=O) groups excluding carboxylic acids is 1. The maximum atomic E-state index is 13.1. The number of amides is 1. The number of rotatable bonds is 1. The summed E-state index contributed by atoms with van der Waals surface area (Å²) in [5, 5.41) is 0.529. The molecule has 24 heavy (non-hydrogen) atoms. The van der Waals surface area contributed by atoms with Crippen LogP contribution in [-0.2, 0) is 0 Å². The van der Waals surface area contributed by atoms with Crippen LogP contribution < -0.4 is 5.43 Å². The van der Waals surface area contributed by atoms with Gasteiger partial charge in [-0.25, -0.2) is 0 Å². The van der Waals surface area contributed by atoms with Crippen LogP contribution in [0.15, 0.2) is 51.7 Å². The van der Waals surface area contributed by atoms with E-state index in [1.54, 1.807) is 11.9 Å². The second kappa shape index (κ2) is 5.06. The van der Waals surface area contributed by atoms with Crippen molar-refractivity contribution in [2.24, 2.45) is 0 Å². The Bertz CT molecular complexity index is 1030. The first-order valence-corrected chi connectivity index (χ1v) is 7.89. The van der Waals surface area contributed by atoms with Crippen LogP contribution in [0, 0.1) is 13.8 Å². The molecule has 0 N–H and O–H groups in total. The van der Waals surface area contributed by atoms with Gasteiger partial charge in [0, 0.05) is 7.05 Å². The molecule has 0 aliphatic carbocycles. The molecule has 0 spiro atoms. The number of aryl methyl sites for hydroxylation is 2. The van der Waals surface area contributed by atoms with Gasteiger partial charge in [0.25, 0.3) is 5.91 Å². The fourth-order valence-electron chi connectivity index (χ4n) is 3.37. The largest absolute Gasteiger partial charge is 0.450 e. The summed E-state index contributed by atoms with van der Waals surface area (Å²) >= 11 is 0. The summed E-state index contributed by atoms with van der Waals surface area (Å²) in [6.45, 7) is 3.93. The minimum atomic E-state index is -0.407. The lowest BCUT2D eigenvalue weighted by atomic mass is 9.98. The molecule has 1 aliphatic rings. The summed E-state index contributed by atoms with van der Waals surface area (Å²) in [6.07, 6.45) is 0. The van der Waals surface area contributed by atoms with Gasteiger partial charge >= 0.3 is 0 Å². The summed E-state index contributed by atoms with van der Waals surface area (Å²) in [4.78, 5) is 27.3. The minimum Gasteiger partial charge on any atom is -0.450 e. The van der Waals surface area contributed by atoms with Crippen molar-refractivity contribution in [3.63, 3.8) is 0 Å². The van der Waals surface area contributed by atoms with Gasteiger partial charge < -0.3 is 9.32 Å². The highest BCUT2D eigenvalue weighted by Crippen LogP contribution is 2.37. The summed E-state index contributed by atoms with van der Waals surface area (Å²) < 4.78 is 5.86. The molecule has 0 bridgehead atoms. The summed E-state index contributed by atoms with van der Waals surface area (Å²) in [6, 6.07) is 12.8. The normalized spacial score (nSPS) is 16.7. The van der Waals surface area contributed by atoms with Gasteiger partial charge in [-0.15, -0.1) is 0 Å². The van der Waals surface area contributed by atoms with E-state index in [2.05, 4.69) is 0 Å². The molecule has 4 rings (SSSR count). The van der Waals surface area contributed by atoms with E-state index >= 15 is 0 Å². The predicted octanol–water partition coefficient (Wildman–Crippen LogP) is 3.58.